The number of H-pyrrole nitrogens is 2. The SMILES string of the molecule is O=C(CNC(=O)c1cnn(-c2ccc(F)cc2)c1-n1cccc1)Nc1ccc2[nH]c(=O)[nH]c2c1. The van der Waals surface area contributed by atoms with Gasteiger partial charge in [-0.1, -0.05) is 0 Å². The van der Waals surface area contributed by atoms with E-state index in [4.69, 9.17) is 0 Å². The normalized spacial score (nSPS) is 11.0. The molecule has 5 rings (SSSR count). The van der Waals surface area contributed by atoms with Crippen molar-refractivity contribution in [3.05, 3.63) is 95.1 Å². The van der Waals surface area contributed by atoms with E-state index in [0.717, 1.165) is 0 Å². The number of benzene rings is 2. The molecular weight excluding hydrogens is 441 g/mol. The number of carbonyl (C=O) groups is 2. The van der Waals surface area contributed by atoms with Crippen molar-refractivity contribution in [3.8, 4) is 11.5 Å². The van der Waals surface area contributed by atoms with Crippen molar-refractivity contribution in [3.63, 3.8) is 0 Å². The topological polar surface area (TPSA) is 130 Å². The van der Waals surface area contributed by atoms with Crippen LogP contribution in [0, 0.1) is 5.82 Å². The summed E-state index contributed by atoms with van der Waals surface area (Å²) in [6, 6.07) is 14.2. The van der Waals surface area contributed by atoms with Gasteiger partial charge in [0.1, 0.15) is 11.4 Å². The van der Waals surface area contributed by atoms with Gasteiger partial charge in [-0.05, 0) is 54.6 Å². The van der Waals surface area contributed by atoms with E-state index in [2.05, 4.69) is 25.7 Å². The van der Waals surface area contributed by atoms with Gasteiger partial charge in [-0.15, -0.1) is 0 Å². The largest absolute Gasteiger partial charge is 0.343 e. The van der Waals surface area contributed by atoms with E-state index in [1.54, 1.807) is 59.4 Å². The van der Waals surface area contributed by atoms with E-state index in [-0.39, 0.29) is 23.6 Å². The van der Waals surface area contributed by atoms with Crippen molar-refractivity contribution in [1.29, 1.82) is 0 Å². The summed E-state index contributed by atoms with van der Waals surface area (Å²) in [5, 5.41) is 9.57. The van der Waals surface area contributed by atoms with Crippen molar-refractivity contribution in [2.45, 2.75) is 0 Å². The quantitative estimate of drug-likeness (QED) is 0.311. The monoisotopic (exact) mass is 459 g/mol. The van der Waals surface area contributed by atoms with Gasteiger partial charge in [0.15, 0.2) is 5.82 Å². The number of aromatic amines is 2. The number of amides is 2. The number of fused-ring (bicyclic) bond motifs is 1. The Morgan fingerprint density at radius 2 is 1.74 bits per heavy atom. The molecule has 2 amide bonds. The van der Waals surface area contributed by atoms with Crippen molar-refractivity contribution in [1.82, 2.24) is 29.6 Å². The number of anilines is 1. The van der Waals surface area contributed by atoms with Crippen LogP contribution in [0.2, 0.25) is 0 Å². The lowest BCUT2D eigenvalue weighted by Crippen LogP contribution is -2.33. The Morgan fingerprint density at radius 3 is 2.50 bits per heavy atom. The van der Waals surface area contributed by atoms with Crippen LogP contribution in [0.3, 0.4) is 0 Å². The first-order chi connectivity index (χ1) is 16.5. The Kier molecular flexibility index (Phi) is 5.26. The molecule has 0 saturated carbocycles. The van der Waals surface area contributed by atoms with Crippen LogP contribution >= 0.6 is 0 Å². The first-order valence-electron chi connectivity index (χ1n) is 10.3. The Balaban J connectivity index is 1.33. The zero-order valence-electron chi connectivity index (χ0n) is 17.6. The third-order valence-corrected chi connectivity index (χ3v) is 5.12. The number of imidazole rings is 1. The second kappa shape index (κ2) is 8.54. The van der Waals surface area contributed by atoms with Gasteiger partial charge in [0, 0.05) is 18.1 Å². The molecule has 0 aliphatic carbocycles. The van der Waals surface area contributed by atoms with Crippen LogP contribution in [0.25, 0.3) is 22.5 Å². The molecule has 170 valence electrons. The van der Waals surface area contributed by atoms with Crippen LogP contribution in [0.1, 0.15) is 10.4 Å². The molecule has 0 spiro atoms. The summed E-state index contributed by atoms with van der Waals surface area (Å²) in [6.07, 6.45) is 4.89. The second-order valence-corrected chi connectivity index (χ2v) is 7.43. The predicted molar refractivity (Wildman–Crippen MR) is 123 cm³/mol. The standard InChI is InChI=1S/C23H18FN7O3/c24-14-3-6-16(7-4-14)31-22(30-9-1-2-10-30)17(12-26-31)21(33)25-13-20(32)27-15-5-8-18-19(11-15)29-23(34)28-18/h1-12H,13H2,(H,25,33)(H,27,32)(H2,28,29,34). The van der Waals surface area contributed by atoms with Crippen molar-refractivity contribution in [2.75, 3.05) is 11.9 Å². The lowest BCUT2D eigenvalue weighted by atomic mass is 10.2. The highest BCUT2D eigenvalue weighted by Crippen LogP contribution is 2.20. The number of nitrogens with one attached hydrogen (secondary N) is 4. The summed E-state index contributed by atoms with van der Waals surface area (Å²) in [6.45, 7) is -0.284. The first kappa shape index (κ1) is 20.9. The van der Waals surface area contributed by atoms with Crippen molar-refractivity contribution < 1.29 is 14.0 Å². The van der Waals surface area contributed by atoms with Gasteiger partial charge in [0.2, 0.25) is 5.91 Å². The van der Waals surface area contributed by atoms with E-state index in [1.807, 2.05) is 0 Å². The Hall–Kier alpha value is -4.93. The molecular formula is C23H18FN7O3. The summed E-state index contributed by atoms with van der Waals surface area (Å²) in [4.78, 5) is 41.9. The Morgan fingerprint density at radius 1 is 1.00 bits per heavy atom. The average Bonchev–Trinajstić information content (AvgIpc) is 3.56. The minimum absolute atomic E-state index is 0.236. The molecule has 10 nitrogen and oxygen atoms in total. The van der Waals surface area contributed by atoms with E-state index in [0.29, 0.717) is 28.2 Å². The molecule has 0 bridgehead atoms. The number of nitrogens with zero attached hydrogens (tertiary/aromatic N) is 3. The fourth-order valence-electron chi connectivity index (χ4n) is 3.57. The molecule has 0 atom stereocenters. The average molecular weight is 459 g/mol. The zero-order chi connectivity index (χ0) is 23.7. The molecule has 0 aliphatic heterocycles. The van der Waals surface area contributed by atoms with Crippen LogP contribution in [-0.4, -0.2) is 42.7 Å². The molecule has 2 aromatic carbocycles. The van der Waals surface area contributed by atoms with Gasteiger partial charge in [0.05, 0.1) is 29.5 Å². The highest BCUT2D eigenvalue weighted by molar-refractivity contribution is 6.01. The lowest BCUT2D eigenvalue weighted by molar-refractivity contribution is -0.115. The molecule has 4 N–H and O–H groups in total. The maximum atomic E-state index is 13.4. The molecule has 0 radical (unpaired) electrons. The van der Waals surface area contributed by atoms with Gasteiger partial charge in [-0.2, -0.15) is 5.10 Å². The minimum atomic E-state index is -0.502. The smallest absolute Gasteiger partial charge is 0.323 e. The Labute approximate surface area is 191 Å². The van der Waals surface area contributed by atoms with Crippen LogP contribution in [0.15, 0.2) is 78.0 Å². The molecule has 5 aromatic rings. The first-order valence-corrected chi connectivity index (χ1v) is 10.3. The fraction of sp³-hybridized carbons (Fsp3) is 0.0435. The zero-order valence-corrected chi connectivity index (χ0v) is 17.6. The van der Waals surface area contributed by atoms with Gasteiger partial charge in [-0.3, -0.25) is 9.59 Å². The third-order valence-electron chi connectivity index (χ3n) is 5.12. The molecule has 11 heteroatoms. The number of hydrogen-bond acceptors (Lipinski definition) is 4. The van der Waals surface area contributed by atoms with Gasteiger partial charge in [0.25, 0.3) is 5.91 Å². The van der Waals surface area contributed by atoms with Crippen molar-refractivity contribution in [2.24, 2.45) is 0 Å². The van der Waals surface area contributed by atoms with Crippen LogP contribution in [0.4, 0.5) is 10.1 Å². The summed E-state index contributed by atoms with van der Waals surface area (Å²) in [5.41, 5.74) is 2.10. The molecule has 3 heterocycles. The fourth-order valence-corrected chi connectivity index (χ4v) is 3.57. The van der Waals surface area contributed by atoms with Gasteiger partial charge >= 0.3 is 5.69 Å². The summed E-state index contributed by atoms with van der Waals surface area (Å²) < 4.78 is 16.6. The summed E-state index contributed by atoms with van der Waals surface area (Å²) in [7, 11) is 0. The van der Waals surface area contributed by atoms with Crippen LogP contribution < -0.4 is 16.3 Å². The van der Waals surface area contributed by atoms with Crippen molar-refractivity contribution >= 4 is 28.5 Å². The van der Waals surface area contributed by atoms with Crippen LogP contribution in [0.5, 0.6) is 0 Å². The summed E-state index contributed by atoms with van der Waals surface area (Å²) in [5.74, 6) is -0.891. The molecule has 34 heavy (non-hydrogen) atoms. The highest BCUT2D eigenvalue weighted by atomic mass is 19.1. The second-order valence-electron chi connectivity index (χ2n) is 7.43. The lowest BCUT2D eigenvalue weighted by Gasteiger charge is -2.11. The van der Waals surface area contributed by atoms with E-state index in [9.17, 15) is 18.8 Å². The summed E-state index contributed by atoms with van der Waals surface area (Å²) >= 11 is 0. The van der Waals surface area contributed by atoms with E-state index in [1.165, 1.54) is 23.0 Å². The van der Waals surface area contributed by atoms with Gasteiger partial charge in [-0.25, -0.2) is 13.9 Å². The third kappa shape index (κ3) is 4.09. The number of rotatable bonds is 6. The molecule has 0 saturated heterocycles. The number of carbonyl (C=O) groups excluding carboxylic acids is 2. The molecule has 3 aromatic heterocycles. The number of aromatic nitrogens is 5. The number of halogens is 1. The molecule has 0 fully saturated rings. The minimum Gasteiger partial charge on any atom is -0.343 e. The molecule has 0 aliphatic rings. The predicted octanol–water partition coefficient (Wildman–Crippen LogP) is 2.34. The maximum absolute atomic E-state index is 13.4. The van der Waals surface area contributed by atoms with E-state index >= 15 is 0 Å². The van der Waals surface area contributed by atoms with E-state index < -0.39 is 11.8 Å². The number of hydrogen-bond donors (Lipinski definition) is 4. The molecule has 0 unspecified atom stereocenters. The maximum Gasteiger partial charge on any atom is 0.323 e. The Bertz CT molecular complexity index is 1550. The van der Waals surface area contributed by atoms with Crippen LogP contribution in [-0.2, 0) is 4.79 Å². The highest BCUT2D eigenvalue weighted by Gasteiger charge is 2.20. The van der Waals surface area contributed by atoms with Gasteiger partial charge < -0.3 is 25.2 Å².